The average Bonchev–Trinajstić information content (AvgIpc) is 2.71. The van der Waals surface area contributed by atoms with E-state index in [0.29, 0.717) is 12.2 Å². The van der Waals surface area contributed by atoms with Crippen LogP contribution in [0.25, 0.3) is 0 Å². The summed E-state index contributed by atoms with van der Waals surface area (Å²) in [5, 5.41) is 15.4. The number of carboxylic acid groups (broad SMARTS) is 1. The Balaban J connectivity index is 2.58. The van der Waals surface area contributed by atoms with Gasteiger partial charge < -0.3 is 10.4 Å². The van der Waals surface area contributed by atoms with Crippen molar-refractivity contribution < 1.29 is 14.7 Å². The SMILES string of the molecule is CC(C)C(NC(=O)CCCC(=O)O)c1ncnn1C. The molecule has 0 bridgehead atoms. The van der Waals surface area contributed by atoms with Gasteiger partial charge in [-0.15, -0.1) is 0 Å². The molecule has 0 saturated heterocycles. The number of aryl methyl sites for hydroxylation is 1. The summed E-state index contributed by atoms with van der Waals surface area (Å²) in [5.41, 5.74) is 0. The van der Waals surface area contributed by atoms with Gasteiger partial charge in [0.25, 0.3) is 0 Å². The molecular formula is C12H20N4O3. The van der Waals surface area contributed by atoms with E-state index >= 15 is 0 Å². The summed E-state index contributed by atoms with van der Waals surface area (Å²) in [4.78, 5) is 26.3. The Morgan fingerprint density at radius 3 is 2.58 bits per heavy atom. The molecule has 1 heterocycles. The molecule has 106 valence electrons. The Hall–Kier alpha value is -1.92. The van der Waals surface area contributed by atoms with Crippen LogP contribution >= 0.6 is 0 Å². The van der Waals surface area contributed by atoms with E-state index in [-0.39, 0.29) is 30.7 Å². The number of rotatable bonds is 7. The van der Waals surface area contributed by atoms with E-state index in [1.165, 1.54) is 6.33 Å². The quantitative estimate of drug-likeness (QED) is 0.765. The standard InChI is InChI=1S/C12H20N4O3/c1-8(2)11(12-13-7-14-16(12)3)15-9(17)5-4-6-10(18)19/h7-8,11H,4-6H2,1-3H3,(H,15,17)(H,18,19). The van der Waals surface area contributed by atoms with E-state index in [2.05, 4.69) is 15.4 Å². The van der Waals surface area contributed by atoms with E-state index in [1.54, 1.807) is 11.7 Å². The zero-order valence-corrected chi connectivity index (χ0v) is 11.5. The maximum Gasteiger partial charge on any atom is 0.303 e. The van der Waals surface area contributed by atoms with Crippen molar-refractivity contribution >= 4 is 11.9 Å². The molecule has 0 aliphatic rings. The molecule has 0 aliphatic heterocycles. The molecule has 1 rings (SSSR count). The fraction of sp³-hybridized carbons (Fsp3) is 0.667. The van der Waals surface area contributed by atoms with Gasteiger partial charge in [-0.05, 0) is 12.3 Å². The highest BCUT2D eigenvalue weighted by atomic mass is 16.4. The smallest absolute Gasteiger partial charge is 0.303 e. The van der Waals surface area contributed by atoms with E-state index in [9.17, 15) is 9.59 Å². The lowest BCUT2D eigenvalue weighted by atomic mass is 10.0. The minimum absolute atomic E-state index is 0.00370. The minimum atomic E-state index is -0.887. The molecule has 0 radical (unpaired) electrons. The first kappa shape index (κ1) is 15.1. The van der Waals surface area contributed by atoms with Crippen molar-refractivity contribution in [2.24, 2.45) is 13.0 Å². The van der Waals surface area contributed by atoms with Crippen molar-refractivity contribution in [2.45, 2.75) is 39.2 Å². The lowest BCUT2D eigenvalue weighted by Gasteiger charge is -2.21. The summed E-state index contributed by atoms with van der Waals surface area (Å²) >= 11 is 0. The number of nitrogens with zero attached hydrogens (tertiary/aromatic N) is 3. The molecule has 1 aromatic rings. The second-order valence-corrected chi connectivity index (χ2v) is 4.78. The molecule has 0 spiro atoms. The molecule has 1 unspecified atom stereocenters. The van der Waals surface area contributed by atoms with Crippen LogP contribution in [-0.2, 0) is 16.6 Å². The van der Waals surface area contributed by atoms with Crippen LogP contribution in [0.3, 0.4) is 0 Å². The third-order valence-electron chi connectivity index (χ3n) is 2.80. The first-order chi connectivity index (χ1) is 8.91. The zero-order chi connectivity index (χ0) is 14.4. The van der Waals surface area contributed by atoms with Gasteiger partial charge in [-0.25, -0.2) is 4.98 Å². The number of hydrogen-bond donors (Lipinski definition) is 2. The Morgan fingerprint density at radius 1 is 1.42 bits per heavy atom. The zero-order valence-electron chi connectivity index (χ0n) is 11.5. The first-order valence-electron chi connectivity index (χ1n) is 6.27. The average molecular weight is 268 g/mol. The summed E-state index contributed by atoms with van der Waals surface area (Å²) in [6, 6.07) is -0.218. The van der Waals surface area contributed by atoms with Crippen LogP contribution in [0.15, 0.2) is 6.33 Å². The van der Waals surface area contributed by atoms with Crippen molar-refractivity contribution in [2.75, 3.05) is 0 Å². The van der Waals surface area contributed by atoms with Gasteiger partial charge in [0.15, 0.2) is 0 Å². The molecule has 7 nitrogen and oxygen atoms in total. The second kappa shape index (κ2) is 6.86. The van der Waals surface area contributed by atoms with Crippen LogP contribution in [0, 0.1) is 5.92 Å². The Labute approximate surface area is 112 Å². The molecule has 1 atom stereocenters. The van der Waals surface area contributed by atoms with Gasteiger partial charge in [-0.2, -0.15) is 5.10 Å². The Kier molecular flexibility index (Phi) is 5.47. The Bertz CT molecular complexity index is 442. The van der Waals surface area contributed by atoms with Crippen LogP contribution in [0.1, 0.15) is 45.0 Å². The molecule has 0 aliphatic carbocycles. The number of carbonyl (C=O) groups is 2. The Morgan fingerprint density at radius 2 is 2.11 bits per heavy atom. The van der Waals surface area contributed by atoms with Gasteiger partial charge in [0.05, 0.1) is 6.04 Å². The molecule has 0 saturated carbocycles. The number of carboxylic acids is 1. The van der Waals surface area contributed by atoms with Gasteiger partial charge >= 0.3 is 5.97 Å². The lowest BCUT2D eigenvalue weighted by molar-refractivity contribution is -0.137. The summed E-state index contributed by atoms with van der Waals surface area (Å²) in [5.74, 6) is -0.183. The number of aliphatic carboxylic acids is 1. The number of amides is 1. The monoisotopic (exact) mass is 268 g/mol. The van der Waals surface area contributed by atoms with Crippen LogP contribution in [-0.4, -0.2) is 31.7 Å². The molecule has 19 heavy (non-hydrogen) atoms. The van der Waals surface area contributed by atoms with Gasteiger partial charge in [-0.1, -0.05) is 13.8 Å². The highest BCUT2D eigenvalue weighted by molar-refractivity contribution is 5.77. The van der Waals surface area contributed by atoms with Gasteiger partial charge in [0.2, 0.25) is 5.91 Å². The van der Waals surface area contributed by atoms with E-state index in [0.717, 1.165) is 0 Å². The third kappa shape index (κ3) is 4.69. The first-order valence-corrected chi connectivity index (χ1v) is 6.27. The van der Waals surface area contributed by atoms with Gasteiger partial charge in [0.1, 0.15) is 12.2 Å². The summed E-state index contributed by atoms with van der Waals surface area (Å²) in [6.45, 7) is 3.97. The van der Waals surface area contributed by atoms with Crippen molar-refractivity contribution in [1.29, 1.82) is 0 Å². The molecule has 2 N–H and O–H groups in total. The number of aromatic nitrogens is 3. The van der Waals surface area contributed by atoms with Crippen LogP contribution in [0.5, 0.6) is 0 Å². The summed E-state index contributed by atoms with van der Waals surface area (Å²) in [6.07, 6.45) is 1.99. The lowest BCUT2D eigenvalue weighted by Crippen LogP contribution is -2.33. The van der Waals surface area contributed by atoms with Crippen molar-refractivity contribution in [3.05, 3.63) is 12.2 Å². The van der Waals surface area contributed by atoms with Crippen LogP contribution in [0.4, 0.5) is 0 Å². The fourth-order valence-corrected chi connectivity index (χ4v) is 1.76. The number of carbonyl (C=O) groups excluding carboxylic acids is 1. The minimum Gasteiger partial charge on any atom is -0.481 e. The summed E-state index contributed by atoms with van der Waals surface area (Å²) in [7, 11) is 1.77. The predicted molar refractivity (Wildman–Crippen MR) is 68.2 cm³/mol. The molecule has 1 amide bonds. The summed E-state index contributed by atoms with van der Waals surface area (Å²) < 4.78 is 1.63. The molecule has 0 aromatic carbocycles. The van der Waals surface area contributed by atoms with Gasteiger partial charge in [0, 0.05) is 19.9 Å². The van der Waals surface area contributed by atoms with E-state index < -0.39 is 5.97 Å². The van der Waals surface area contributed by atoms with Crippen molar-refractivity contribution in [1.82, 2.24) is 20.1 Å². The van der Waals surface area contributed by atoms with Crippen molar-refractivity contribution in [3.8, 4) is 0 Å². The molecule has 0 fully saturated rings. The topological polar surface area (TPSA) is 97.1 Å². The fourth-order valence-electron chi connectivity index (χ4n) is 1.76. The van der Waals surface area contributed by atoms with E-state index in [4.69, 9.17) is 5.11 Å². The van der Waals surface area contributed by atoms with Crippen LogP contribution < -0.4 is 5.32 Å². The van der Waals surface area contributed by atoms with Crippen molar-refractivity contribution in [3.63, 3.8) is 0 Å². The molecule has 7 heteroatoms. The maximum atomic E-state index is 11.8. The highest BCUT2D eigenvalue weighted by Crippen LogP contribution is 2.19. The molecular weight excluding hydrogens is 248 g/mol. The second-order valence-electron chi connectivity index (χ2n) is 4.78. The maximum absolute atomic E-state index is 11.8. The molecule has 1 aromatic heterocycles. The highest BCUT2D eigenvalue weighted by Gasteiger charge is 2.22. The third-order valence-corrected chi connectivity index (χ3v) is 2.80. The largest absolute Gasteiger partial charge is 0.481 e. The van der Waals surface area contributed by atoms with Gasteiger partial charge in [-0.3, -0.25) is 14.3 Å². The predicted octanol–water partition coefficient (Wildman–Crippen LogP) is 0.883. The van der Waals surface area contributed by atoms with E-state index in [1.807, 2.05) is 13.8 Å². The number of nitrogens with one attached hydrogen (secondary N) is 1. The number of hydrogen-bond acceptors (Lipinski definition) is 4. The normalized spacial score (nSPS) is 12.4. The van der Waals surface area contributed by atoms with Crippen LogP contribution in [0.2, 0.25) is 0 Å².